The molecule has 0 spiro atoms. The van der Waals surface area contributed by atoms with Crippen LogP contribution in [0.2, 0.25) is 0 Å². The largest absolute Gasteiger partial charge is 0.370 e. The van der Waals surface area contributed by atoms with Gasteiger partial charge >= 0.3 is 0 Å². The van der Waals surface area contributed by atoms with Crippen LogP contribution < -0.4 is 11.1 Å². The fraction of sp³-hybridized carbons (Fsp3) is 0.875. The predicted molar refractivity (Wildman–Crippen MR) is 86.2 cm³/mol. The lowest BCUT2D eigenvalue weighted by molar-refractivity contribution is -0.130. The van der Waals surface area contributed by atoms with Gasteiger partial charge in [-0.05, 0) is 32.1 Å². The van der Waals surface area contributed by atoms with Crippen LogP contribution in [0.4, 0.5) is 0 Å². The van der Waals surface area contributed by atoms with Gasteiger partial charge in [0.25, 0.3) is 0 Å². The lowest BCUT2D eigenvalue weighted by atomic mass is 9.96. The van der Waals surface area contributed by atoms with Crippen molar-refractivity contribution in [2.24, 2.45) is 10.7 Å². The van der Waals surface area contributed by atoms with Crippen molar-refractivity contribution in [2.75, 3.05) is 19.6 Å². The van der Waals surface area contributed by atoms with E-state index in [0.29, 0.717) is 30.9 Å². The minimum absolute atomic E-state index is 0.310. The predicted octanol–water partition coefficient (Wildman–Crippen LogP) is 2.02. The van der Waals surface area contributed by atoms with E-state index in [2.05, 4.69) is 10.3 Å². The van der Waals surface area contributed by atoms with Crippen molar-refractivity contribution in [3.8, 4) is 0 Å². The summed E-state index contributed by atoms with van der Waals surface area (Å²) in [4.78, 5) is 18.2. The molecular weight excluding hydrogens is 264 g/mol. The van der Waals surface area contributed by atoms with Gasteiger partial charge in [-0.2, -0.15) is 0 Å². The Balaban J connectivity index is 1.62. The number of rotatable bonds is 5. The molecule has 2 aliphatic rings. The normalized spacial score (nSPS) is 22.2. The molecule has 2 rings (SSSR count). The molecule has 5 heteroatoms. The molecule has 1 saturated carbocycles. The van der Waals surface area contributed by atoms with Crippen LogP contribution in [0.25, 0.3) is 0 Å². The quantitative estimate of drug-likeness (QED) is 0.463. The molecule has 1 amide bonds. The van der Waals surface area contributed by atoms with E-state index in [0.717, 1.165) is 32.4 Å². The van der Waals surface area contributed by atoms with Crippen molar-refractivity contribution >= 4 is 11.9 Å². The summed E-state index contributed by atoms with van der Waals surface area (Å²) in [7, 11) is 0. The molecule has 1 aliphatic heterocycles. The number of aliphatic imine (C=N–C) groups is 1. The van der Waals surface area contributed by atoms with Gasteiger partial charge in [0, 0.05) is 32.1 Å². The smallest absolute Gasteiger partial charge is 0.222 e. The van der Waals surface area contributed by atoms with Gasteiger partial charge in [0.1, 0.15) is 0 Å². The number of hydrogen-bond donors (Lipinski definition) is 2. The van der Waals surface area contributed by atoms with E-state index in [1.165, 1.54) is 38.5 Å². The van der Waals surface area contributed by atoms with Crippen LogP contribution >= 0.6 is 0 Å². The lowest BCUT2D eigenvalue weighted by Crippen LogP contribution is -2.41. The molecule has 0 unspecified atom stereocenters. The highest BCUT2D eigenvalue weighted by molar-refractivity contribution is 5.78. The van der Waals surface area contributed by atoms with Crippen LogP contribution in [0.15, 0.2) is 4.99 Å². The standard InChI is InChI=1S/C16H30N4O/c17-16(19-14-8-3-1-4-9-14)18-11-7-13-20-12-6-2-5-10-15(20)21/h14H,1-13H2,(H3,17,18,19). The Morgan fingerprint density at radius 2 is 1.95 bits per heavy atom. The van der Waals surface area contributed by atoms with Crippen molar-refractivity contribution in [3.05, 3.63) is 0 Å². The van der Waals surface area contributed by atoms with Gasteiger partial charge in [0.2, 0.25) is 5.91 Å². The number of carbonyl (C=O) groups is 1. The molecule has 5 nitrogen and oxygen atoms in total. The molecule has 0 atom stereocenters. The van der Waals surface area contributed by atoms with Crippen molar-refractivity contribution in [3.63, 3.8) is 0 Å². The fourth-order valence-corrected chi connectivity index (χ4v) is 3.24. The lowest BCUT2D eigenvalue weighted by Gasteiger charge is -2.23. The third-order valence-corrected chi connectivity index (χ3v) is 4.50. The highest BCUT2D eigenvalue weighted by Gasteiger charge is 2.16. The second kappa shape index (κ2) is 8.90. The molecular formula is C16H30N4O. The Kier molecular flexibility index (Phi) is 6.83. The molecule has 0 aromatic heterocycles. The zero-order chi connectivity index (χ0) is 14.9. The summed E-state index contributed by atoms with van der Waals surface area (Å²) in [5, 5.41) is 3.32. The number of nitrogens with one attached hydrogen (secondary N) is 1. The first-order chi connectivity index (χ1) is 10.3. The highest BCUT2D eigenvalue weighted by atomic mass is 16.2. The van der Waals surface area contributed by atoms with Crippen LogP contribution in [0.3, 0.4) is 0 Å². The fourth-order valence-electron chi connectivity index (χ4n) is 3.24. The third kappa shape index (κ3) is 5.94. The summed E-state index contributed by atoms with van der Waals surface area (Å²) in [6, 6.07) is 0.509. The molecule has 21 heavy (non-hydrogen) atoms. The number of nitrogens with two attached hydrogens (primary N) is 1. The Morgan fingerprint density at radius 3 is 2.76 bits per heavy atom. The van der Waals surface area contributed by atoms with Crippen molar-refractivity contribution in [2.45, 2.75) is 70.3 Å². The molecule has 3 N–H and O–H groups in total. The van der Waals surface area contributed by atoms with Crippen molar-refractivity contribution in [1.29, 1.82) is 0 Å². The van der Waals surface area contributed by atoms with E-state index in [1.807, 2.05) is 4.90 Å². The molecule has 0 bridgehead atoms. The van der Waals surface area contributed by atoms with Crippen molar-refractivity contribution in [1.82, 2.24) is 10.2 Å². The molecule has 120 valence electrons. The molecule has 2 fully saturated rings. The number of likely N-dealkylation sites (tertiary alicyclic amines) is 1. The summed E-state index contributed by atoms with van der Waals surface area (Å²) in [6.07, 6.45) is 11.3. The monoisotopic (exact) mass is 294 g/mol. The second-order valence-electron chi connectivity index (χ2n) is 6.29. The van der Waals surface area contributed by atoms with E-state index in [1.54, 1.807) is 0 Å². The van der Waals surface area contributed by atoms with Crippen LogP contribution in [0, 0.1) is 0 Å². The van der Waals surface area contributed by atoms with Crippen LogP contribution in [0.5, 0.6) is 0 Å². The first-order valence-corrected chi connectivity index (χ1v) is 8.60. The minimum atomic E-state index is 0.310. The zero-order valence-corrected chi connectivity index (χ0v) is 13.1. The molecule has 0 aromatic rings. The average Bonchev–Trinajstić information content (AvgIpc) is 2.69. The van der Waals surface area contributed by atoms with Gasteiger partial charge in [0.05, 0.1) is 0 Å². The number of carbonyl (C=O) groups excluding carboxylic acids is 1. The zero-order valence-electron chi connectivity index (χ0n) is 13.1. The first kappa shape index (κ1) is 16.1. The van der Waals surface area contributed by atoms with E-state index >= 15 is 0 Å². The number of hydrogen-bond acceptors (Lipinski definition) is 2. The summed E-state index contributed by atoms with van der Waals surface area (Å²) < 4.78 is 0. The second-order valence-corrected chi connectivity index (χ2v) is 6.29. The van der Waals surface area contributed by atoms with E-state index in [4.69, 9.17) is 5.73 Å². The van der Waals surface area contributed by atoms with Gasteiger partial charge in [-0.3, -0.25) is 9.79 Å². The van der Waals surface area contributed by atoms with Crippen molar-refractivity contribution < 1.29 is 4.79 Å². The van der Waals surface area contributed by atoms with Crippen LogP contribution in [-0.4, -0.2) is 42.4 Å². The third-order valence-electron chi connectivity index (χ3n) is 4.50. The highest BCUT2D eigenvalue weighted by Crippen LogP contribution is 2.17. The van der Waals surface area contributed by atoms with Gasteiger partial charge in [-0.1, -0.05) is 25.7 Å². The number of nitrogens with zero attached hydrogens (tertiary/aromatic N) is 2. The maximum Gasteiger partial charge on any atom is 0.222 e. The summed E-state index contributed by atoms with van der Waals surface area (Å²) in [5.74, 6) is 0.883. The number of guanidine groups is 1. The van der Waals surface area contributed by atoms with E-state index < -0.39 is 0 Å². The van der Waals surface area contributed by atoms with Gasteiger partial charge in [-0.15, -0.1) is 0 Å². The Labute approximate surface area is 128 Å². The first-order valence-electron chi connectivity index (χ1n) is 8.60. The Morgan fingerprint density at radius 1 is 1.19 bits per heavy atom. The summed E-state index contributed by atoms with van der Waals surface area (Å²) in [6.45, 7) is 2.44. The summed E-state index contributed by atoms with van der Waals surface area (Å²) in [5.41, 5.74) is 5.93. The number of amides is 1. The van der Waals surface area contributed by atoms with Crippen LogP contribution in [-0.2, 0) is 4.79 Å². The van der Waals surface area contributed by atoms with E-state index in [9.17, 15) is 4.79 Å². The SMILES string of the molecule is NC(=NCCCN1CCCCCC1=O)NC1CCCCC1. The Hall–Kier alpha value is -1.26. The maximum absolute atomic E-state index is 11.9. The van der Waals surface area contributed by atoms with E-state index in [-0.39, 0.29) is 0 Å². The Bertz CT molecular complexity index is 350. The molecule has 0 aromatic carbocycles. The topological polar surface area (TPSA) is 70.7 Å². The van der Waals surface area contributed by atoms with Gasteiger partial charge < -0.3 is 16.0 Å². The average molecular weight is 294 g/mol. The summed E-state index contributed by atoms with van der Waals surface area (Å²) >= 11 is 0. The molecule has 1 heterocycles. The van der Waals surface area contributed by atoms with Gasteiger partial charge in [0.15, 0.2) is 5.96 Å². The molecule has 0 radical (unpaired) electrons. The minimum Gasteiger partial charge on any atom is -0.370 e. The van der Waals surface area contributed by atoms with Gasteiger partial charge in [-0.25, -0.2) is 0 Å². The van der Waals surface area contributed by atoms with Crippen LogP contribution in [0.1, 0.15) is 64.2 Å². The molecule has 1 saturated heterocycles. The molecule has 1 aliphatic carbocycles. The maximum atomic E-state index is 11.9.